The fourth-order valence-electron chi connectivity index (χ4n) is 1.14. The van der Waals surface area contributed by atoms with Crippen LogP contribution in [-0.4, -0.2) is 30.3 Å². The summed E-state index contributed by atoms with van der Waals surface area (Å²) in [5, 5.41) is 22.5. The van der Waals surface area contributed by atoms with Gasteiger partial charge in [0, 0.05) is 17.8 Å². The first kappa shape index (κ1) is 13.2. The van der Waals surface area contributed by atoms with Gasteiger partial charge in [0.05, 0.1) is 4.92 Å². The van der Waals surface area contributed by atoms with Crippen molar-refractivity contribution in [2.75, 3.05) is 0 Å². The van der Waals surface area contributed by atoms with Gasteiger partial charge in [-0.3, -0.25) is 10.1 Å². The molecule has 9 nitrogen and oxygen atoms in total. The lowest BCUT2D eigenvalue weighted by atomic mass is 10.2. The van der Waals surface area contributed by atoms with Gasteiger partial charge in [-0.2, -0.15) is 4.37 Å². The summed E-state index contributed by atoms with van der Waals surface area (Å²) in [6.45, 7) is 0. The fourth-order valence-corrected chi connectivity index (χ4v) is 2.54. The number of nitro groups is 1. The second-order valence-corrected chi connectivity index (χ2v) is 5.12. The average Bonchev–Trinajstić information content (AvgIpc) is 2.91. The van der Waals surface area contributed by atoms with Gasteiger partial charge in [-0.25, -0.2) is 9.97 Å². The van der Waals surface area contributed by atoms with E-state index in [2.05, 4.69) is 19.5 Å². The minimum atomic E-state index is -0.593. The van der Waals surface area contributed by atoms with E-state index in [0.29, 0.717) is 4.34 Å². The molecule has 2 heterocycles. The third kappa shape index (κ3) is 2.95. The maximum Gasteiger partial charge on any atom is 0.302 e. The van der Waals surface area contributed by atoms with E-state index in [4.69, 9.17) is 10.9 Å². The summed E-state index contributed by atoms with van der Waals surface area (Å²) < 4.78 is 4.33. The van der Waals surface area contributed by atoms with Crippen LogP contribution >= 0.6 is 23.3 Å². The molecule has 0 saturated heterocycles. The molecule has 2 aromatic heterocycles. The highest BCUT2D eigenvalue weighted by atomic mass is 32.2. The molecule has 0 aliphatic carbocycles. The van der Waals surface area contributed by atoms with E-state index in [9.17, 15) is 10.1 Å². The predicted octanol–water partition coefficient (Wildman–Crippen LogP) is 1.09. The van der Waals surface area contributed by atoms with Crippen LogP contribution in [0.4, 0.5) is 5.69 Å². The van der Waals surface area contributed by atoms with E-state index in [1.807, 2.05) is 0 Å². The van der Waals surface area contributed by atoms with Gasteiger partial charge >= 0.3 is 5.69 Å². The van der Waals surface area contributed by atoms with Crippen molar-refractivity contribution < 1.29 is 10.1 Å². The molecule has 0 radical (unpaired) electrons. The Labute approximate surface area is 114 Å². The minimum absolute atomic E-state index is 0.163. The van der Waals surface area contributed by atoms with E-state index >= 15 is 0 Å². The molecule has 98 valence electrons. The molecular weight excluding hydrogens is 292 g/mol. The van der Waals surface area contributed by atoms with Gasteiger partial charge in [0.15, 0.2) is 15.2 Å². The van der Waals surface area contributed by atoms with Crippen LogP contribution in [0.1, 0.15) is 5.56 Å². The number of hydrogen-bond acceptors (Lipinski definition) is 9. The second kappa shape index (κ2) is 5.58. The first-order valence-corrected chi connectivity index (χ1v) is 6.27. The van der Waals surface area contributed by atoms with E-state index < -0.39 is 4.92 Å². The van der Waals surface area contributed by atoms with Gasteiger partial charge in [0.1, 0.15) is 6.33 Å². The van der Waals surface area contributed by atoms with Crippen molar-refractivity contribution >= 4 is 34.8 Å². The summed E-state index contributed by atoms with van der Waals surface area (Å²) in [5.74, 6) is -0.247. The lowest BCUT2D eigenvalue weighted by molar-refractivity contribution is -0.388. The summed E-state index contributed by atoms with van der Waals surface area (Å²) in [7, 11) is 0. The molecule has 0 atom stereocenters. The van der Waals surface area contributed by atoms with Crippen LogP contribution in [0, 0.1) is 10.1 Å². The number of nitrogens with zero attached hydrogens (tertiary/aromatic N) is 5. The summed E-state index contributed by atoms with van der Waals surface area (Å²) >= 11 is 2.13. The van der Waals surface area contributed by atoms with Gasteiger partial charge in [0.25, 0.3) is 0 Å². The van der Waals surface area contributed by atoms with Crippen molar-refractivity contribution in [3.63, 3.8) is 0 Å². The van der Waals surface area contributed by atoms with Crippen molar-refractivity contribution in [1.29, 1.82) is 0 Å². The van der Waals surface area contributed by atoms with Crippen molar-refractivity contribution in [1.82, 2.24) is 14.3 Å². The number of hydrogen-bond donors (Lipinski definition) is 2. The Bertz CT molecular complexity index is 629. The first-order chi connectivity index (χ1) is 9.11. The number of nitrogens with two attached hydrogens (primary N) is 1. The Kier molecular flexibility index (Phi) is 3.87. The molecule has 0 bridgehead atoms. The molecule has 11 heteroatoms. The number of amidine groups is 1. The van der Waals surface area contributed by atoms with Gasteiger partial charge in [-0.05, 0) is 23.3 Å². The zero-order valence-electron chi connectivity index (χ0n) is 9.13. The molecule has 0 aromatic carbocycles. The Morgan fingerprint density at radius 3 is 2.95 bits per heavy atom. The smallest absolute Gasteiger partial charge is 0.302 e. The standard InChI is InChI=1S/C8H6N6O3S2/c9-6(13-15)4-1-5(14(16)17)7(10-2-4)18-8-11-3-12-19-8/h1-3,15H,(H2,9,13). The van der Waals surface area contributed by atoms with Crippen LogP contribution in [-0.2, 0) is 0 Å². The zero-order valence-corrected chi connectivity index (χ0v) is 10.8. The van der Waals surface area contributed by atoms with Crippen LogP contribution in [0.15, 0.2) is 33.1 Å². The number of rotatable bonds is 4. The Morgan fingerprint density at radius 2 is 2.37 bits per heavy atom. The quantitative estimate of drug-likeness (QED) is 0.281. The summed E-state index contributed by atoms with van der Waals surface area (Å²) in [6.07, 6.45) is 2.63. The van der Waals surface area contributed by atoms with Crippen molar-refractivity contribution in [2.24, 2.45) is 10.9 Å². The average molecular weight is 298 g/mol. The largest absolute Gasteiger partial charge is 0.409 e. The molecule has 3 N–H and O–H groups in total. The van der Waals surface area contributed by atoms with Gasteiger partial charge in [-0.1, -0.05) is 5.16 Å². The molecule has 19 heavy (non-hydrogen) atoms. The SMILES string of the molecule is NC(=NO)c1cnc(Sc2ncns2)c([N+](=O)[O-])c1. The monoisotopic (exact) mass is 298 g/mol. The molecule has 0 fully saturated rings. The van der Waals surface area contributed by atoms with Gasteiger partial charge in [0.2, 0.25) is 0 Å². The minimum Gasteiger partial charge on any atom is -0.409 e. The molecule has 0 aliphatic rings. The molecule has 0 aliphatic heterocycles. The van der Waals surface area contributed by atoms with E-state index in [1.165, 1.54) is 18.6 Å². The summed E-state index contributed by atoms with van der Waals surface area (Å²) in [5.41, 5.74) is 5.28. The van der Waals surface area contributed by atoms with Crippen molar-refractivity contribution in [2.45, 2.75) is 9.37 Å². The maximum atomic E-state index is 11.0. The third-order valence-corrected chi connectivity index (χ3v) is 3.68. The topological polar surface area (TPSA) is 140 Å². The van der Waals surface area contributed by atoms with Crippen LogP contribution in [0.5, 0.6) is 0 Å². The third-order valence-electron chi connectivity index (χ3n) is 1.96. The molecule has 0 spiro atoms. The number of aromatic nitrogens is 3. The zero-order chi connectivity index (χ0) is 13.8. The molecule has 0 amide bonds. The Hall–Kier alpha value is -2.27. The van der Waals surface area contributed by atoms with E-state index in [-0.39, 0.29) is 22.1 Å². The lowest BCUT2D eigenvalue weighted by Gasteiger charge is -2.02. The second-order valence-electron chi connectivity index (χ2n) is 3.10. The van der Waals surface area contributed by atoms with Crippen molar-refractivity contribution in [3.05, 3.63) is 34.3 Å². The van der Waals surface area contributed by atoms with Crippen LogP contribution in [0.25, 0.3) is 0 Å². The van der Waals surface area contributed by atoms with Crippen LogP contribution in [0.3, 0.4) is 0 Å². The summed E-state index contributed by atoms with van der Waals surface area (Å²) in [4.78, 5) is 18.2. The Balaban J connectivity index is 2.41. The highest BCUT2D eigenvalue weighted by molar-refractivity contribution is 8.01. The predicted molar refractivity (Wildman–Crippen MR) is 67.4 cm³/mol. The molecular formula is C8H6N6O3S2. The fraction of sp³-hybridized carbons (Fsp3) is 0. The molecule has 0 unspecified atom stereocenters. The molecule has 2 rings (SSSR count). The van der Waals surface area contributed by atoms with Gasteiger partial charge < -0.3 is 10.9 Å². The van der Waals surface area contributed by atoms with E-state index in [1.54, 1.807) is 0 Å². The molecule has 2 aromatic rings. The molecule has 0 saturated carbocycles. The highest BCUT2D eigenvalue weighted by Gasteiger charge is 2.19. The lowest BCUT2D eigenvalue weighted by Crippen LogP contribution is -2.14. The van der Waals surface area contributed by atoms with Crippen molar-refractivity contribution in [3.8, 4) is 0 Å². The number of pyridine rings is 1. The van der Waals surface area contributed by atoms with E-state index in [0.717, 1.165) is 23.3 Å². The first-order valence-electron chi connectivity index (χ1n) is 4.68. The van der Waals surface area contributed by atoms with Crippen LogP contribution < -0.4 is 5.73 Å². The number of oxime groups is 1. The van der Waals surface area contributed by atoms with Gasteiger partial charge in [-0.15, -0.1) is 0 Å². The Morgan fingerprint density at radius 1 is 1.58 bits per heavy atom. The maximum absolute atomic E-state index is 11.0. The van der Waals surface area contributed by atoms with Crippen LogP contribution in [0.2, 0.25) is 0 Å². The highest BCUT2D eigenvalue weighted by Crippen LogP contribution is 2.33. The normalized spacial score (nSPS) is 11.5. The summed E-state index contributed by atoms with van der Waals surface area (Å²) in [6, 6.07) is 1.19.